The van der Waals surface area contributed by atoms with Crippen molar-refractivity contribution in [2.75, 3.05) is 25.0 Å². The number of carbonyl (C=O) groups is 1. The van der Waals surface area contributed by atoms with Crippen molar-refractivity contribution in [1.29, 1.82) is 0 Å². The maximum absolute atomic E-state index is 11.3. The zero-order valence-electron chi connectivity index (χ0n) is 11.7. The molecule has 2 aromatic rings. The Morgan fingerprint density at radius 3 is 3.14 bits per heavy atom. The van der Waals surface area contributed by atoms with Gasteiger partial charge in [-0.25, -0.2) is 19.7 Å². The quantitative estimate of drug-likeness (QED) is 0.853. The number of amides is 1. The first-order chi connectivity index (χ1) is 10.6. The summed E-state index contributed by atoms with van der Waals surface area (Å²) in [7, 11) is 1.53. The van der Waals surface area contributed by atoms with Crippen LogP contribution in [0, 0.1) is 0 Å². The molecule has 116 valence electrons. The van der Waals surface area contributed by atoms with Gasteiger partial charge >= 0.3 is 6.09 Å². The number of pyridine rings is 1. The van der Waals surface area contributed by atoms with Gasteiger partial charge in [-0.2, -0.15) is 0 Å². The third-order valence-electron chi connectivity index (χ3n) is 3.35. The summed E-state index contributed by atoms with van der Waals surface area (Å²) in [6.45, 7) is 1.22. The molecule has 1 fully saturated rings. The van der Waals surface area contributed by atoms with E-state index < -0.39 is 6.09 Å². The van der Waals surface area contributed by atoms with Crippen molar-refractivity contribution in [1.82, 2.24) is 20.3 Å². The zero-order valence-corrected chi connectivity index (χ0v) is 14.1. The molecule has 1 aliphatic heterocycles. The fourth-order valence-electron chi connectivity index (χ4n) is 2.32. The van der Waals surface area contributed by atoms with Gasteiger partial charge < -0.3 is 15.0 Å². The third-order valence-corrected chi connectivity index (χ3v) is 4.04. The number of aromatic nitrogens is 3. The number of hydrogen-bond donors (Lipinski definition) is 1. The molecule has 0 unspecified atom stereocenters. The van der Waals surface area contributed by atoms with Crippen LogP contribution in [0.25, 0.3) is 11.2 Å². The number of nitrogens with one attached hydrogen (secondary N) is 1. The molecule has 3 rings (SSSR count). The predicted octanol–water partition coefficient (Wildman–Crippen LogP) is 2.38. The molecular formula is C13H13BrClN5O2. The van der Waals surface area contributed by atoms with Crippen LogP contribution in [0.3, 0.4) is 0 Å². The summed E-state index contributed by atoms with van der Waals surface area (Å²) in [6, 6.07) is 1.81. The molecule has 2 aromatic heterocycles. The average molecular weight is 387 g/mol. The number of nitrogens with zero attached hydrogens (tertiary/aromatic N) is 4. The normalized spacial score (nSPS) is 17.8. The number of rotatable bonds is 2. The summed E-state index contributed by atoms with van der Waals surface area (Å²) < 4.78 is 6.07. The number of ether oxygens (including phenoxy) is 1. The minimum absolute atomic E-state index is 0.189. The maximum atomic E-state index is 11.3. The molecule has 1 atom stereocenters. The van der Waals surface area contributed by atoms with Crippen LogP contribution < -0.4 is 10.2 Å². The number of hydrogen-bond acceptors (Lipinski definition) is 6. The minimum atomic E-state index is -0.436. The SMILES string of the molecule is CNC(=O)O[C@H]1CCN(c2nc3ncc(Br)cc3nc2Cl)C1. The van der Waals surface area contributed by atoms with Gasteiger partial charge in [0.2, 0.25) is 0 Å². The molecule has 9 heteroatoms. The number of fused-ring (bicyclic) bond motifs is 1. The van der Waals surface area contributed by atoms with Gasteiger partial charge in [0.05, 0.1) is 6.54 Å². The van der Waals surface area contributed by atoms with Gasteiger partial charge in [-0.15, -0.1) is 0 Å². The van der Waals surface area contributed by atoms with E-state index in [0.29, 0.717) is 35.2 Å². The van der Waals surface area contributed by atoms with Crippen molar-refractivity contribution in [2.45, 2.75) is 12.5 Å². The van der Waals surface area contributed by atoms with Crippen molar-refractivity contribution in [3.8, 4) is 0 Å². The van der Waals surface area contributed by atoms with Crippen molar-refractivity contribution < 1.29 is 9.53 Å². The molecule has 0 saturated carbocycles. The Morgan fingerprint density at radius 1 is 1.55 bits per heavy atom. The van der Waals surface area contributed by atoms with Gasteiger partial charge in [0, 0.05) is 30.7 Å². The van der Waals surface area contributed by atoms with Gasteiger partial charge in [0.25, 0.3) is 0 Å². The van der Waals surface area contributed by atoms with E-state index in [0.717, 1.165) is 10.9 Å². The second-order valence-corrected chi connectivity index (χ2v) is 6.12. The van der Waals surface area contributed by atoms with Gasteiger partial charge in [-0.05, 0) is 22.0 Å². The number of anilines is 1. The third kappa shape index (κ3) is 3.07. The van der Waals surface area contributed by atoms with Crippen LogP contribution in [0.4, 0.5) is 10.6 Å². The molecule has 1 saturated heterocycles. The molecule has 0 bridgehead atoms. The van der Waals surface area contributed by atoms with Crippen LogP contribution in [0.15, 0.2) is 16.7 Å². The topological polar surface area (TPSA) is 80.2 Å². The number of carbonyl (C=O) groups excluding carboxylic acids is 1. The predicted molar refractivity (Wildman–Crippen MR) is 86.2 cm³/mol. The van der Waals surface area contributed by atoms with Crippen molar-refractivity contribution >= 4 is 50.6 Å². The highest BCUT2D eigenvalue weighted by Crippen LogP contribution is 2.28. The maximum Gasteiger partial charge on any atom is 0.407 e. The molecule has 1 aliphatic rings. The summed E-state index contributed by atoms with van der Waals surface area (Å²) >= 11 is 9.58. The van der Waals surface area contributed by atoms with Gasteiger partial charge in [0.15, 0.2) is 16.6 Å². The first kappa shape index (κ1) is 15.2. The Labute approximate surface area is 140 Å². The van der Waals surface area contributed by atoms with Crippen molar-refractivity contribution in [3.63, 3.8) is 0 Å². The monoisotopic (exact) mass is 385 g/mol. The van der Waals surface area contributed by atoms with E-state index in [1.165, 1.54) is 7.05 Å². The molecule has 22 heavy (non-hydrogen) atoms. The molecule has 3 heterocycles. The lowest BCUT2D eigenvalue weighted by molar-refractivity contribution is 0.110. The molecule has 1 amide bonds. The smallest absolute Gasteiger partial charge is 0.407 e. The summed E-state index contributed by atoms with van der Waals surface area (Å²) in [5, 5.41) is 2.75. The Hall–Kier alpha value is -1.67. The summed E-state index contributed by atoms with van der Waals surface area (Å²) in [5.41, 5.74) is 1.15. The largest absolute Gasteiger partial charge is 0.444 e. The Bertz CT molecular complexity index is 729. The first-order valence-corrected chi connectivity index (χ1v) is 7.86. The minimum Gasteiger partial charge on any atom is -0.444 e. The van der Waals surface area contributed by atoms with Gasteiger partial charge in [-0.3, -0.25) is 0 Å². The lowest BCUT2D eigenvalue weighted by Gasteiger charge is -2.18. The van der Waals surface area contributed by atoms with E-state index in [2.05, 4.69) is 36.2 Å². The van der Waals surface area contributed by atoms with Gasteiger partial charge in [-0.1, -0.05) is 11.6 Å². The van der Waals surface area contributed by atoms with Crippen LogP contribution in [0.5, 0.6) is 0 Å². The highest BCUT2D eigenvalue weighted by molar-refractivity contribution is 9.10. The highest BCUT2D eigenvalue weighted by atomic mass is 79.9. The fourth-order valence-corrected chi connectivity index (χ4v) is 2.89. The van der Waals surface area contributed by atoms with Crippen LogP contribution >= 0.6 is 27.5 Å². The van der Waals surface area contributed by atoms with Crippen LogP contribution in [0.1, 0.15) is 6.42 Å². The van der Waals surface area contributed by atoms with E-state index in [1.807, 2.05) is 11.0 Å². The average Bonchev–Trinajstić information content (AvgIpc) is 2.94. The number of halogens is 2. The summed E-state index contributed by atoms with van der Waals surface area (Å²) in [5.74, 6) is 0.562. The molecule has 7 nitrogen and oxygen atoms in total. The number of alkyl carbamates (subject to hydrolysis) is 1. The van der Waals surface area contributed by atoms with E-state index in [-0.39, 0.29) is 6.10 Å². The van der Waals surface area contributed by atoms with Crippen molar-refractivity contribution in [2.24, 2.45) is 0 Å². The lowest BCUT2D eigenvalue weighted by atomic mass is 10.3. The van der Waals surface area contributed by atoms with E-state index in [4.69, 9.17) is 16.3 Å². The second-order valence-electron chi connectivity index (χ2n) is 4.85. The summed E-state index contributed by atoms with van der Waals surface area (Å²) in [4.78, 5) is 26.3. The molecule has 0 aromatic carbocycles. The van der Waals surface area contributed by atoms with Gasteiger partial charge in [0.1, 0.15) is 11.6 Å². The Balaban J connectivity index is 1.83. The molecular weight excluding hydrogens is 374 g/mol. The van der Waals surface area contributed by atoms with Crippen LogP contribution in [0.2, 0.25) is 5.15 Å². The standard InChI is InChI=1S/C13H13BrClN5O2/c1-16-13(21)22-8-2-3-20(6-8)12-10(15)18-9-4-7(14)5-17-11(9)19-12/h4-5,8H,2-3,6H2,1H3,(H,16,21)/t8-/m0/s1. The molecule has 0 aliphatic carbocycles. The summed E-state index contributed by atoms with van der Waals surface area (Å²) in [6.07, 6.45) is 1.76. The van der Waals surface area contributed by atoms with Crippen LogP contribution in [-0.4, -0.2) is 47.3 Å². The highest BCUT2D eigenvalue weighted by Gasteiger charge is 2.28. The molecule has 1 N–H and O–H groups in total. The van der Waals surface area contributed by atoms with E-state index in [9.17, 15) is 4.79 Å². The van der Waals surface area contributed by atoms with E-state index in [1.54, 1.807) is 6.20 Å². The second kappa shape index (κ2) is 6.21. The fraction of sp³-hybridized carbons (Fsp3) is 0.385. The first-order valence-electron chi connectivity index (χ1n) is 6.69. The lowest BCUT2D eigenvalue weighted by Crippen LogP contribution is -2.29. The van der Waals surface area contributed by atoms with E-state index >= 15 is 0 Å². The zero-order chi connectivity index (χ0) is 15.7. The van der Waals surface area contributed by atoms with Crippen LogP contribution in [-0.2, 0) is 4.74 Å². The molecule has 0 radical (unpaired) electrons. The van der Waals surface area contributed by atoms with Crippen molar-refractivity contribution in [3.05, 3.63) is 21.9 Å². The Morgan fingerprint density at radius 2 is 2.36 bits per heavy atom. The molecule has 0 spiro atoms. The Kier molecular flexibility index (Phi) is 4.30.